The maximum absolute atomic E-state index is 13.7. The number of carbonyl (C=O) groups excluding carboxylic acids is 3. The number of aliphatic hydroxyl groups excluding tert-OH is 1. The molecule has 0 radical (unpaired) electrons. The molecule has 2 aliphatic heterocycles. The van der Waals surface area contributed by atoms with Crippen LogP contribution in [0.2, 0.25) is 0 Å². The quantitative estimate of drug-likeness (QED) is 0.354. The number of benzene rings is 2. The van der Waals surface area contributed by atoms with Crippen LogP contribution in [0.4, 0.5) is 0 Å². The molecule has 1 fully saturated rings. The Morgan fingerprint density at radius 2 is 1.79 bits per heavy atom. The lowest BCUT2D eigenvalue weighted by atomic mass is 9.94. The number of rotatable bonds is 8. The van der Waals surface area contributed by atoms with Crippen LogP contribution in [0.15, 0.2) is 64.3 Å². The zero-order valence-electron chi connectivity index (χ0n) is 21.4. The molecule has 1 saturated heterocycles. The third kappa shape index (κ3) is 4.94. The number of hydrogen-bond donors (Lipinski definition) is 1. The Labute approximate surface area is 220 Å². The number of amides is 1. The number of fused-ring (bicyclic) bond motifs is 1. The van der Waals surface area contributed by atoms with Crippen molar-refractivity contribution in [3.63, 3.8) is 0 Å². The molecule has 198 valence electrons. The molecule has 0 bridgehead atoms. The minimum absolute atomic E-state index is 0.0389. The topological polar surface area (TPSA) is 110 Å². The molecule has 1 unspecified atom stereocenters. The zero-order valence-corrected chi connectivity index (χ0v) is 21.4. The summed E-state index contributed by atoms with van der Waals surface area (Å²) in [5.74, 6) is -2.19. The van der Waals surface area contributed by atoms with Crippen LogP contribution in [0, 0.1) is 6.92 Å². The Morgan fingerprint density at radius 1 is 1.05 bits per heavy atom. The number of ketones is 1. The Bertz CT molecular complexity index is 1400. The molecule has 38 heavy (non-hydrogen) atoms. The van der Waals surface area contributed by atoms with Crippen LogP contribution >= 0.6 is 0 Å². The summed E-state index contributed by atoms with van der Waals surface area (Å²) in [4.78, 5) is 42.8. The largest absolute Gasteiger partial charge is 0.503 e. The smallest absolute Gasteiger partial charge is 0.337 e. The predicted octanol–water partition coefficient (Wildman–Crippen LogP) is 3.83. The number of hydrogen-bond acceptors (Lipinski definition) is 8. The van der Waals surface area contributed by atoms with Gasteiger partial charge in [-0.25, -0.2) is 4.79 Å². The number of aliphatic hydroxyl groups is 1. The number of ether oxygens (including phenoxy) is 2. The molecule has 1 aromatic heterocycles. The average Bonchev–Trinajstić information content (AvgIpc) is 3.47. The highest BCUT2D eigenvalue weighted by molar-refractivity contribution is 6.16. The monoisotopic (exact) mass is 518 g/mol. The van der Waals surface area contributed by atoms with Gasteiger partial charge in [0.1, 0.15) is 5.58 Å². The highest BCUT2D eigenvalue weighted by Crippen LogP contribution is 2.40. The van der Waals surface area contributed by atoms with Gasteiger partial charge in [-0.05, 0) is 49.2 Å². The van der Waals surface area contributed by atoms with Crippen LogP contribution in [-0.2, 0) is 14.3 Å². The Balaban J connectivity index is 1.47. The van der Waals surface area contributed by atoms with Crippen molar-refractivity contribution >= 4 is 28.6 Å². The molecular formula is C29H30N2O7. The van der Waals surface area contributed by atoms with Gasteiger partial charge in [-0.3, -0.25) is 14.5 Å². The first-order chi connectivity index (χ1) is 18.4. The van der Waals surface area contributed by atoms with Crippen molar-refractivity contribution in [2.45, 2.75) is 19.4 Å². The van der Waals surface area contributed by atoms with E-state index in [2.05, 4.69) is 4.90 Å². The fourth-order valence-corrected chi connectivity index (χ4v) is 5.08. The molecule has 1 atom stereocenters. The molecule has 0 saturated carbocycles. The molecule has 1 N–H and O–H groups in total. The van der Waals surface area contributed by atoms with E-state index in [9.17, 15) is 19.5 Å². The van der Waals surface area contributed by atoms with E-state index in [0.717, 1.165) is 30.6 Å². The normalized spacial score (nSPS) is 18.4. The van der Waals surface area contributed by atoms with E-state index in [4.69, 9.17) is 13.9 Å². The van der Waals surface area contributed by atoms with Crippen LogP contribution < -0.4 is 0 Å². The molecule has 3 aromatic rings. The molecule has 0 aliphatic carbocycles. The van der Waals surface area contributed by atoms with Crippen LogP contribution in [0.5, 0.6) is 0 Å². The van der Waals surface area contributed by atoms with E-state index in [-0.39, 0.29) is 11.3 Å². The molecular weight excluding hydrogens is 488 g/mol. The number of Topliss-reactive ketones (excluding diaryl/α,β-unsaturated/α-hetero) is 1. The van der Waals surface area contributed by atoms with Gasteiger partial charge in [0.05, 0.1) is 37.5 Å². The van der Waals surface area contributed by atoms with Crippen molar-refractivity contribution in [2.75, 3.05) is 46.5 Å². The lowest BCUT2D eigenvalue weighted by molar-refractivity contribution is -0.129. The van der Waals surface area contributed by atoms with E-state index >= 15 is 0 Å². The third-order valence-corrected chi connectivity index (χ3v) is 7.07. The third-order valence-electron chi connectivity index (χ3n) is 7.07. The molecule has 1 amide bonds. The van der Waals surface area contributed by atoms with Crippen molar-refractivity contribution in [1.82, 2.24) is 9.80 Å². The highest BCUT2D eigenvalue weighted by Gasteiger charge is 2.44. The minimum Gasteiger partial charge on any atom is -0.503 e. The van der Waals surface area contributed by atoms with Crippen LogP contribution in [-0.4, -0.2) is 79.1 Å². The Hall–Kier alpha value is -3.95. The van der Waals surface area contributed by atoms with Crippen molar-refractivity contribution in [3.05, 3.63) is 82.3 Å². The second-order valence-electron chi connectivity index (χ2n) is 9.57. The SMILES string of the molecule is COC(=O)c1ccc(C2C(C(=O)c3cc4cc(C)ccc4o3)=C(O)C(=O)N2CCCN2CCOCC2)cc1. The summed E-state index contributed by atoms with van der Waals surface area (Å²) >= 11 is 0. The van der Waals surface area contributed by atoms with Crippen molar-refractivity contribution < 1.29 is 33.4 Å². The van der Waals surface area contributed by atoms with Gasteiger partial charge in [-0.1, -0.05) is 23.8 Å². The summed E-state index contributed by atoms with van der Waals surface area (Å²) in [6.45, 7) is 6.04. The van der Waals surface area contributed by atoms with E-state index in [1.165, 1.54) is 12.0 Å². The van der Waals surface area contributed by atoms with Gasteiger partial charge in [0.15, 0.2) is 11.5 Å². The molecule has 0 spiro atoms. The summed E-state index contributed by atoms with van der Waals surface area (Å²) in [6.07, 6.45) is 0.654. The first kappa shape index (κ1) is 25.7. The van der Waals surface area contributed by atoms with Gasteiger partial charge in [-0.15, -0.1) is 0 Å². The molecule has 9 heteroatoms. The van der Waals surface area contributed by atoms with Crippen molar-refractivity contribution in [1.29, 1.82) is 0 Å². The number of aryl methyl sites for hydroxylation is 1. The van der Waals surface area contributed by atoms with Gasteiger partial charge < -0.3 is 23.9 Å². The number of methoxy groups -OCH3 is 1. The second-order valence-corrected chi connectivity index (χ2v) is 9.57. The van der Waals surface area contributed by atoms with Gasteiger partial charge in [-0.2, -0.15) is 0 Å². The number of nitrogens with zero attached hydrogens (tertiary/aromatic N) is 2. The maximum Gasteiger partial charge on any atom is 0.337 e. The molecule has 3 heterocycles. The molecule has 2 aliphatic rings. The summed E-state index contributed by atoms with van der Waals surface area (Å²) < 4.78 is 16.0. The van der Waals surface area contributed by atoms with Crippen molar-refractivity contribution in [3.8, 4) is 0 Å². The maximum atomic E-state index is 13.7. The van der Waals surface area contributed by atoms with Crippen LogP contribution in [0.25, 0.3) is 11.0 Å². The standard InChI is InChI=1S/C29H30N2O7/c1-18-4-9-22-21(16-18)17-23(38-22)26(32)24-25(19-5-7-20(8-6-19)29(35)36-2)31(28(34)27(24)33)11-3-10-30-12-14-37-15-13-30/h4-9,16-17,25,33H,3,10-15H2,1-2H3. The first-order valence-electron chi connectivity index (χ1n) is 12.6. The second kappa shape index (κ2) is 10.8. The molecule has 9 nitrogen and oxygen atoms in total. The number of esters is 1. The highest BCUT2D eigenvalue weighted by atomic mass is 16.5. The van der Waals surface area contributed by atoms with Crippen molar-refractivity contribution in [2.24, 2.45) is 0 Å². The van der Waals surface area contributed by atoms with Crippen LogP contribution in [0.3, 0.4) is 0 Å². The fraction of sp³-hybridized carbons (Fsp3) is 0.345. The average molecular weight is 519 g/mol. The molecule has 2 aromatic carbocycles. The fourth-order valence-electron chi connectivity index (χ4n) is 5.08. The van der Waals surface area contributed by atoms with Gasteiger partial charge in [0.2, 0.25) is 5.78 Å². The number of carbonyl (C=O) groups is 3. The van der Waals surface area contributed by atoms with Gasteiger partial charge in [0, 0.05) is 31.6 Å². The summed E-state index contributed by atoms with van der Waals surface area (Å²) in [5, 5.41) is 11.7. The minimum atomic E-state index is -0.832. The Kier molecular flexibility index (Phi) is 7.31. The zero-order chi connectivity index (χ0) is 26.8. The van der Waals surface area contributed by atoms with Gasteiger partial charge >= 0.3 is 5.97 Å². The van der Waals surface area contributed by atoms with E-state index in [1.807, 2.05) is 19.1 Å². The number of morpholine rings is 1. The Morgan fingerprint density at radius 3 is 2.50 bits per heavy atom. The van der Waals surface area contributed by atoms with Crippen LogP contribution in [0.1, 0.15) is 44.5 Å². The van der Waals surface area contributed by atoms with E-state index in [1.54, 1.807) is 36.4 Å². The van der Waals surface area contributed by atoms with Gasteiger partial charge in [0.25, 0.3) is 5.91 Å². The lowest BCUT2D eigenvalue weighted by Gasteiger charge is -2.30. The first-order valence-corrected chi connectivity index (χ1v) is 12.6. The molecule has 5 rings (SSSR count). The van der Waals surface area contributed by atoms with E-state index < -0.39 is 29.5 Å². The summed E-state index contributed by atoms with van der Waals surface area (Å²) in [6, 6.07) is 12.9. The summed E-state index contributed by atoms with van der Waals surface area (Å²) in [5.41, 5.74) is 2.46. The van der Waals surface area contributed by atoms with E-state index in [0.29, 0.717) is 42.9 Å². The predicted molar refractivity (Wildman–Crippen MR) is 139 cm³/mol. The lowest BCUT2D eigenvalue weighted by Crippen LogP contribution is -2.39. The summed E-state index contributed by atoms with van der Waals surface area (Å²) in [7, 11) is 1.30. The number of furan rings is 1.